The van der Waals surface area contributed by atoms with Crippen molar-refractivity contribution < 1.29 is 13.6 Å². The van der Waals surface area contributed by atoms with Crippen LogP contribution in [0.4, 0.5) is 8.78 Å². The first kappa shape index (κ1) is 14.4. The molecule has 0 unspecified atom stereocenters. The number of hydrogen-bond donors (Lipinski definition) is 1. The SMILES string of the molecule is CN(CCCNC(=O)C(F)F)C1CCCCC1. The summed E-state index contributed by atoms with van der Waals surface area (Å²) in [5.74, 6) is -1.16. The van der Waals surface area contributed by atoms with Gasteiger partial charge in [-0.05, 0) is 32.9 Å². The van der Waals surface area contributed by atoms with E-state index in [4.69, 9.17) is 0 Å². The van der Waals surface area contributed by atoms with Crippen LogP contribution in [-0.4, -0.2) is 43.4 Å². The van der Waals surface area contributed by atoms with Gasteiger partial charge in [0, 0.05) is 12.6 Å². The van der Waals surface area contributed by atoms with Crippen molar-refractivity contribution in [3.63, 3.8) is 0 Å². The van der Waals surface area contributed by atoms with Crippen molar-refractivity contribution in [1.82, 2.24) is 10.2 Å². The minimum absolute atomic E-state index is 0.334. The molecule has 0 heterocycles. The summed E-state index contributed by atoms with van der Waals surface area (Å²) < 4.78 is 23.8. The number of hydrogen-bond acceptors (Lipinski definition) is 2. The second-order valence-electron chi connectivity index (χ2n) is 4.72. The van der Waals surface area contributed by atoms with E-state index in [9.17, 15) is 13.6 Å². The summed E-state index contributed by atoms with van der Waals surface area (Å²) in [7, 11) is 2.07. The van der Waals surface area contributed by atoms with Gasteiger partial charge in [0.2, 0.25) is 0 Å². The van der Waals surface area contributed by atoms with Crippen LogP contribution in [0.3, 0.4) is 0 Å². The number of carbonyl (C=O) groups is 1. The van der Waals surface area contributed by atoms with E-state index in [0.717, 1.165) is 13.0 Å². The van der Waals surface area contributed by atoms with Crippen molar-refractivity contribution in [2.75, 3.05) is 20.1 Å². The molecule has 0 atom stereocenters. The maximum absolute atomic E-state index is 11.9. The second kappa shape index (κ2) is 7.58. The third-order valence-electron chi connectivity index (χ3n) is 3.38. The Bertz CT molecular complexity index is 231. The molecule has 5 heteroatoms. The highest BCUT2D eigenvalue weighted by Gasteiger charge is 2.18. The number of amides is 1. The van der Waals surface area contributed by atoms with Crippen LogP contribution >= 0.6 is 0 Å². The highest BCUT2D eigenvalue weighted by Crippen LogP contribution is 2.21. The van der Waals surface area contributed by atoms with Gasteiger partial charge in [0.25, 0.3) is 5.91 Å². The largest absolute Gasteiger partial charge is 0.351 e. The van der Waals surface area contributed by atoms with E-state index in [1.54, 1.807) is 0 Å². The minimum Gasteiger partial charge on any atom is -0.351 e. The van der Waals surface area contributed by atoms with Crippen molar-refractivity contribution in [1.29, 1.82) is 0 Å². The lowest BCUT2D eigenvalue weighted by Crippen LogP contribution is -2.36. The number of nitrogens with one attached hydrogen (secondary N) is 1. The Kier molecular flexibility index (Phi) is 6.40. The van der Waals surface area contributed by atoms with Gasteiger partial charge in [0.15, 0.2) is 0 Å². The molecule has 0 aromatic carbocycles. The first-order valence-electron chi connectivity index (χ1n) is 6.37. The van der Waals surface area contributed by atoms with Gasteiger partial charge in [-0.1, -0.05) is 19.3 Å². The van der Waals surface area contributed by atoms with Crippen LogP contribution in [0.15, 0.2) is 0 Å². The van der Waals surface area contributed by atoms with Crippen LogP contribution in [0, 0.1) is 0 Å². The highest BCUT2D eigenvalue weighted by atomic mass is 19.3. The predicted octanol–water partition coefficient (Wildman–Crippen LogP) is 2.02. The molecule has 1 aliphatic carbocycles. The van der Waals surface area contributed by atoms with Crippen molar-refractivity contribution in [3.05, 3.63) is 0 Å². The van der Waals surface area contributed by atoms with E-state index in [1.165, 1.54) is 32.1 Å². The molecule has 1 aliphatic rings. The molecule has 17 heavy (non-hydrogen) atoms. The van der Waals surface area contributed by atoms with Crippen LogP contribution in [0.1, 0.15) is 38.5 Å². The molecule has 1 amide bonds. The lowest BCUT2D eigenvalue weighted by molar-refractivity contribution is -0.131. The molecular formula is C12H22F2N2O. The topological polar surface area (TPSA) is 32.3 Å². The number of halogens is 2. The Morgan fingerprint density at radius 1 is 1.35 bits per heavy atom. The van der Waals surface area contributed by atoms with Gasteiger partial charge >= 0.3 is 6.43 Å². The Labute approximate surface area is 102 Å². The van der Waals surface area contributed by atoms with Gasteiger partial charge in [-0.25, -0.2) is 0 Å². The molecule has 1 N–H and O–H groups in total. The van der Waals surface area contributed by atoms with E-state index in [-0.39, 0.29) is 0 Å². The molecule has 0 aromatic rings. The summed E-state index contributed by atoms with van der Waals surface area (Å²) in [6, 6.07) is 0.634. The maximum Gasteiger partial charge on any atom is 0.315 e. The number of nitrogens with zero attached hydrogens (tertiary/aromatic N) is 1. The molecule has 1 fully saturated rings. The molecule has 1 saturated carbocycles. The van der Waals surface area contributed by atoms with Crippen LogP contribution in [-0.2, 0) is 4.79 Å². The molecule has 0 spiro atoms. The molecule has 0 radical (unpaired) electrons. The second-order valence-corrected chi connectivity index (χ2v) is 4.72. The standard InChI is InChI=1S/C12H22F2N2O/c1-16(10-6-3-2-4-7-10)9-5-8-15-12(17)11(13)14/h10-11H,2-9H2,1H3,(H,15,17). The van der Waals surface area contributed by atoms with Gasteiger partial charge in [0.05, 0.1) is 0 Å². The fraction of sp³-hybridized carbons (Fsp3) is 0.917. The lowest BCUT2D eigenvalue weighted by Gasteiger charge is -2.31. The third kappa shape index (κ3) is 5.44. The zero-order chi connectivity index (χ0) is 12.7. The predicted molar refractivity (Wildman–Crippen MR) is 63.1 cm³/mol. The first-order chi connectivity index (χ1) is 8.11. The van der Waals surface area contributed by atoms with Gasteiger partial charge in [-0.2, -0.15) is 8.78 Å². The summed E-state index contributed by atoms with van der Waals surface area (Å²) >= 11 is 0. The van der Waals surface area contributed by atoms with Crippen molar-refractivity contribution in [2.24, 2.45) is 0 Å². The average Bonchev–Trinajstić information content (AvgIpc) is 2.35. The quantitative estimate of drug-likeness (QED) is 0.729. The van der Waals surface area contributed by atoms with Crippen molar-refractivity contribution in [2.45, 2.75) is 51.0 Å². The molecule has 0 aliphatic heterocycles. The molecule has 1 rings (SSSR count). The summed E-state index contributed by atoms with van der Waals surface area (Å²) in [4.78, 5) is 12.9. The monoisotopic (exact) mass is 248 g/mol. The average molecular weight is 248 g/mol. The van der Waals surface area contributed by atoms with Gasteiger partial charge < -0.3 is 10.2 Å². The Morgan fingerprint density at radius 2 is 2.00 bits per heavy atom. The van der Waals surface area contributed by atoms with Crippen molar-refractivity contribution in [3.8, 4) is 0 Å². The van der Waals surface area contributed by atoms with E-state index >= 15 is 0 Å². The fourth-order valence-electron chi connectivity index (χ4n) is 2.32. The zero-order valence-electron chi connectivity index (χ0n) is 10.4. The number of carbonyl (C=O) groups excluding carboxylic acids is 1. The van der Waals surface area contributed by atoms with Crippen LogP contribution in [0.5, 0.6) is 0 Å². The minimum atomic E-state index is -2.90. The smallest absolute Gasteiger partial charge is 0.315 e. The van der Waals surface area contributed by atoms with Crippen LogP contribution < -0.4 is 5.32 Å². The van der Waals surface area contributed by atoms with Gasteiger partial charge in [-0.3, -0.25) is 4.79 Å². The summed E-state index contributed by atoms with van der Waals surface area (Å²) in [6.45, 7) is 1.19. The number of rotatable bonds is 6. The molecular weight excluding hydrogens is 226 g/mol. The third-order valence-corrected chi connectivity index (χ3v) is 3.38. The molecule has 100 valence electrons. The Hall–Kier alpha value is -0.710. The zero-order valence-corrected chi connectivity index (χ0v) is 10.4. The Balaban J connectivity index is 2.07. The van der Waals surface area contributed by atoms with E-state index < -0.39 is 12.3 Å². The lowest BCUT2D eigenvalue weighted by atomic mass is 9.94. The Morgan fingerprint density at radius 3 is 2.59 bits per heavy atom. The van der Waals surface area contributed by atoms with Gasteiger partial charge in [0.1, 0.15) is 0 Å². The van der Waals surface area contributed by atoms with E-state index in [0.29, 0.717) is 12.6 Å². The van der Waals surface area contributed by atoms with Crippen LogP contribution in [0.25, 0.3) is 0 Å². The van der Waals surface area contributed by atoms with E-state index in [2.05, 4.69) is 17.3 Å². The normalized spacial score (nSPS) is 17.7. The molecule has 0 saturated heterocycles. The van der Waals surface area contributed by atoms with Gasteiger partial charge in [-0.15, -0.1) is 0 Å². The maximum atomic E-state index is 11.9. The molecule has 3 nitrogen and oxygen atoms in total. The fourth-order valence-corrected chi connectivity index (χ4v) is 2.32. The molecule has 0 bridgehead atoms. The number of alkyl halides is 2. The summed E-state index contributed by atoms with van der Waals surface area (Å²) in [5.41, 5.74) is 0. The molecule has 0 aromatic heterocycles. The van der Waals surface area contributed by atoms with Crippen molar-refractivity contribution >= 4 is 5.91 Å². The van der Waals surface area contributed by atoms with E-state index in [1.807, 2.05) is 0 Å². The summed E-state index contributed by atoms with van der Waals surface area (Å²) in [6.07, 6.45) is 4.21. The first-order valence-corrected chi connectivity index (χ1v) is 6.37. The highest BCUT2D eigenvalue weighted by molar-refractivity contribution is 5.78. The summed E-state index contributed by atoms with van der Waals surface area (Å²) in [5, 5.41) is 2.22. The van der Waals surface area contributed by atoms with Crippen LogP contribution in [0.2, 0.25) is 0 Å².